The van der Waals surface area contributed by atoms with E-state index < -0.39 is 20.6 Å². The van der Waals surface area contributed by atoms with Crippen molar-refractivity contribution in [2.75, 3.05) is 26.3 Å². The predicted octanol–water partition coefficient (Wildman–Crippen LogP) is 3.02. The van der Waals surface area contributed by atoms with Gasteiger partial charge in [-0.3, -0.25) is 10.1 Å². The van der Waals surface area contributed by atoms with Gasteiger partial charge in [-0.05, 0) is 43.2 Å². The van der Waals surface area contributed by atoms with Gasteiger partial charge in [0, 0.05) is 19.2 Å². The first-order valence-electron chi connectivity index (χ1n) is 8.40. The summed E-state index contributed by atoms with van der Waals surface area (Å²) in [6.07, 6.45) is 0. The number of ether oxygens (including phenoxy) is 2. The Hall–Kier alpha value is -2.49. The van der Waals surface area contributed by atoms with Gasteiger partial charge in [0.25, 0.3) is 0 Å². The van der Waals surface area contributed by atoms with Gasteiger partial charge in [-0.25, -0.2) is 8.42 Å². The van der Waals surface area contributed by atoms with Crippen molar-refractivity contribution >= 4 is 15.7 Å². The molecule has 0 N–H and O–H groups in total. The molecule has 0 radical (unpaired) electrons. The van der Waals surface area contributed by atoms with Gasteiger partial charge in [0.15, 0.2) is 0 Å². The van der Waals surface area contributed by atoms with E-state index in [0.717, 1.165) is 17.2 Å². The number of nitrogens with zero attached hydrogens (tertiary/aromatic N) is 2. The molecule has 27 heavy (non-hydrogen) atoms. The Morgan fingerprint density at radius 1 is 1.07 bits per heavy atom. The Bertz CT molecular complexity index is 968. The van der Waals surface area contributed by atoms with E-state index in [1.807, 2.05) is 26.0 Å². The minimum absolute atomic E-state index is 0.00497. The lowest BCUT2D eigenvalue weighted by Gasteiger charge is -2.26. The van der Waals surface area contributed by atoms with E-state index in [1.165, 1.54) is 16.4 Å². The standard InChI is InChI=1S/C18H20N2O6S/c1-13-3-4-14(2)18(11-13)26-17-6-5-15(12-16(17)20(21)22)27(23,24)19-7-9-25-10-8-19/h3-6,11-12H,7-10H2,1-2H3. The van der Waals surface area contributed by atoms with E-state index >= 15 is 0 Å². The van der Waals surface area contributed by atoms with Gasteiger partial charge in [-0.2, -0.15) is 4.31 Å². The zero-order valence-corrected chi connectivity index (χ0v) is 15.9. The van der Waals surface area contributed by atoms with Gasteiger partial charge < -0.3 is 9.47 Å². The van der Waals surface area contributed by atoms with Crippen LogP contribution in [-0.2, 0) is 14.8 Å². The Balaban J connectivity index is 1.98. The summed E-state index contributed by atoms with van der Waals surface area (Å²) < 4.78 is 37.6. The third-order valence-electron chi connectivity index (χ3n) is 4.30. The molecule has 0 amide bonds. The van der Waals surface area contributed by atoms with Crippen molar-refractivity contribution in [3.8, 4) is 11.5 Å². The molecule has 2 aromatic carbocycles. The molecule has 0 atom stereocenters. The van der Waals surface area contributed by atoms with Gasteiger partial charge >= 0.3 is 5.69 Å². The Kier molecular flexibility index (Phi) is 5.45. The van der Waals surface area contributed by atoms with Crippen LogP contribution >= 0.6 is 0 Å². The molecule has 1 aliphatic heterocycles. The van der Waals surface area contributed by atoms with Crippen LogP contribution < -0.4 is 4.74 Å². The van der Waals surface area contributed by atoms with E-state index in [9.17, 15) is 18.5 Å². The quantitative estimate of drug-likeness (QED) is 0.573. The van der Waals surface area contributed by atoms with Crippen molar-refractivity contribution in [3.05, 3.63) is 57.6 Å². The van der Waals surface area contributed by atoms with Crippen molar-refractivity contribution in [2.45, 2.75) is 18.7 Å². The minimum Gasteiger partial charge on any atom is -0.450 e. The monoisotopic (exact) mass is 392 g/mol. The fourth-order valence-corrected chi connectivity index (χ4v) is 4.19. The topological polar surface area (TPSA) is 99.0 Å². The van der Waals surface area contributed by atoms with Crippen LogP contribution in [0.15, 0.2) is 41.3 Å². The molecule has 1 heterocycles. The fraction of sp³-hybridized carbons (Fsp3) is 0.333. The molecule has 9 heteroatoms. The molecule has 0 saturated carbocycles. The van der Waals surface area contributed by atoms with E-state index in [-0.39, 0.29) is 23.7 Å². The number of nitro groups is 1. The van der Waals surface area contributed by atoms with E-state index in [1.54, 1.807) is 6.07 Å². The Labute approximate surface area is 157 Å². The molecular formula is C18H20N2O6S. The van der Waals surface area contributed by atoms with Crippen LogP contribution in [0.2, 0.25) is 0 Å². The van der Waals surface area contributed by atoms with Gasteiger partial charge in [0.2, 0.25) is 15.8 Å². The molecule has 1 aliphatic rings. The SMILES string of the molecule is Cc1ccc(C)c(Oc2ccc(S(=O)(=O)N3CCOCC3)cc2[N+](=O)[O-])c1. The highest BCUT2D eigenvalue weighted by Gasteiger charge is 2.29. The normalized spacial score (nSPS) is 15.5. The Morgan fingerprint density at radius 2 is 1.78 bits per heavy atom. The summed E-state index contributed by atoms with van der Waals surface area (Å²) in [5.41, 5.74) is 1.37. The summed E-state index contributed by atoms with van der Waals surface area (Å²) in [5.74, 6) is 0.483. The van der Waals surface area contributed by atoms with E-state index in [0.29, 0.717) is 19.0 Å². The molecule has 0 spiro atoms. The van der Waals surface area contributed by atoms with Crippen LogP contribution in [0.5, 0.6) is 11.5 Å². The zero-order chi connectivity index (χ0) is 19.6. The summed E-state index contributed by atoms with van der Waals surface area (Å²) in [6, 6.07) is 9.25. The molecule has 2 aromatic rings. The van der Waals surface area contributed by atoms with Crippen molar-refractivity contribution < 1.29 is 22.8 Å². The highest BCUT2D eigenvalue weighted by Crippen LogP contribution is 2.35. The third kappa shape index (κ3) is 4.10. The zero-order valence-electron chi connectivity index (χ0n) is 15.0. The lowest BCUT2D eigenvalue weighted by molar-refractivity contribution is -0.385. The number of benzene rings is 2. The highest BCUT2D eigenvalue weighted by molar-refractivity contribution is 7.89. The molecule has 1 fully saturated rings. The van der Waals surface area contributed by atoms with Crippen molar-refractivity contribution in [1.29, 1.82) is 0 Å². The van der Waals surface area contributed by atoms with E-state index in [2.05, 4.69) is 0 Å². The average molecular weight is 392 g/mol. The van der Waals surface area contributed by atoms with Gasteiger partial charge in [-0.15, -0.1) is 0 Å². The molecule has 0 aromatic heterocycles. The van der Waals surface area contributed by atoms with E-state index in [4.69, 9.17) is 9.47 Å². The number of nitro benzene ring substituents is 1. The van der Waals surface area contributed by atoms with Crippen LogP contribution in [0.3, 0.4) is 0 Å². The van der Waals surface area contributed by atoms with Crippen LogP contribution in [-0.4, -0.2) is 43.9 Å². The smallest absolute Gasteiger partial charge is 0.312 e. The molecule has 8 nitrogen and oxygen atoms in total. The van der Waals surface area contributed by atoms with Gasteiger partial charge in [0.05, 0.1) is 23.0 Å². The van der Waals surface area contributed by atoms with Gasteiger partial charge in [-0.1, -0.05) is 12.1 Å². The van der Waals surface area contributed by atoms with Gasteiger partial charge in [0.1, 0.15) is 5.75 Å². The molecule has 0 unspecified atom stereocenters. The second-order valence-corrected chi connectivity index (χ2v) is 8.21. The number of aryl methyl sites for hydroxylation is 2. The summed E-state index contributed by atoms with van der Waals surface area (Å²) >= 11 is 0. The predicted molar refractivity (Wildman–Crippen MR) is 98.7 cm³/mol. The number of hydrogen-bond donors (Lipinski definition) is 0. The molecule has 1 saturated heterocycles. The largest absolute Gasteiger partial charge is 0.450 e. The highest BCUT2D eigenvalue weighted by atomic mass is 32.2. The number of hydrogen-bond acceptors (Lipinski definition) is 6. The summed E-state index contributed by atoms with van der Waals surface area (Å²) in [5, 5.41) is 11.5. The number of rotatable bonds is 5. The molecule has 0 bridgehead atoms. The summed E-state index contributed by atoms with van der Waals surface area (Å²) in [7, 11) is -3.83. The van der Waals surface area contributed by atoms with Crippen LogP contribution in [0.25, 0.3) is 0 Å². The summed E-state index contributed by atoms with van der Waals surface area (Å²) in [6.45, 7) is 4.76. The maximum Gasteiger partial charge on any atom is 0.312 e. The maximum absolute atomic E-state index is 12.7. The van der Waals surface area contributed by atoms with Crippen molar-refractivity contribution in [3.63, 3.8) is 0 Å². The van der Waals surface area contributed by atoms with Crippen LogP contribution in [0, 0.1) is 24.0 Å². The fourth-order valence-electron chi connectivity index (χ4n) is 2.76. The first-order valence-corrected chi connectivity index (χ1v) is 9.84. The van der Waals surface area contributed by atoms with Crippen molar-refractivity contribution in [2.24, 2.45) is 0 Å². The molecular weight excluding hydrogens is 372 g/mol. The number of morpholine rings is 1. The van der Waals surface area contributed by atoms with Crippen molar-refractivity contribution in [1.82, 2.24) is 4.31 Å². The third-order valence-corrected chi connectivity index (χ3v) is 6.19. The lowest BCUT2D eigenvalue weighted by atomic mass is 10.1. The average Bonchev–Trinajstić information content (AvgIpc) is 2.65. The second-order valence-electron chi connectivity index (χ2n) is 6.27. The molecule has 0 aliphatic carbocycles. The van der Waals surface area contributed by atoms with Crippen LogP contribution in [0.1, 0.15) is 11.1 Å². The summed E-state index contributed by atoms with van der Waals surface area (Å²) in [4.78, 5) is 10.7. The molecule has 144 valence electrons. The molecule has 3 rings (SSSR count). The van der Waals surface area contributed by atoms with Crippen LogP contribution in [0.4, 0.5) is 5.69 Å². The first kappa shape index (κ1) is 19.3. The Morgan fingerprint density at radius 3 is 2.44 bits per heavy atom. The minimum atomic E-state index is -3.83. The maximum atomic E-state index is 12.7. The first-order chi connectivity index (χ1) is 12.8. The second kappa shape index (κ2) is 7.63. The lowest BCUT2D eigenvalue weighted by Crippen LogP contribution is -2.40. The number of sulfonamides is 1.